The molecule has 72 valence electrons. The summed E-state index contributed by atoms with van der Waals surface area (Å²) in [7, 11) is 0. The Morgan fingerprint density at radius 3 is 2.92 bits per heavy atom. The Labute approximate surface area is 85.3 Å². The maximum absolute atomic E-state index is 9.27. The molecule has 0 aliphatic carbocycles. The molecule has 1 atom stereocenters. The quantitative estimate of drug-likeness (QED) is 0.708. The van der Waals surface area contributed by atoms with Crippen LogP contribution in [0.25, 0.3) is 0 Å². The molecule has 5 heteroatoms. The molecule has 0 spiro atoms. The van der Waals surface area contributed by atoms with E-state index in [0.717, 1.165) is 4.47 Å². The minimum atomic E-state index is -0.576. The molecule has 4 N–H and O–H groups in total. The minimum Gasteiger partial charge on any atom is -0.383 e. The molecule has 1 unspecified atom stereocenters. The number of aliphatic hydroxyl groups is 1. The molecule has 0 saturated heterocycles. The molecule has 0 amide bonds. The Balaban J connectivity index is 2.73. The van der Waals surface area contributed by atoms with Gasteiger partial charge < -0.3 is 16.2 Å². The lowest BCUT2D eigenvalue weighted by molar-refractivity contribution is 0.199. The van der Waals surface area contributed by atoms with Crippen molar-refractivity contribution in [2.24, 2.45) is 0 Å². The molecule has 0 bridgehead atoms. The largest absolute Gasteiger partial charge is 0.383 e. The molecule has 1 aromatic rings. The maximum atomic E-state index is 9.27. The van der Waals surface area contributed by atoms with E-state index in [0.29, 0.717) is 18.1 Å². The Hall–Kier alpha value is -0.810. The lowest BCUT2D eigenvalue weighted by atomic mass is 10.4. The molecule has 0 fully saturated rings. The number of anilines is 2. The van der Waals surface area contributed by atoms with Crippen molar-refractivity contribution in [1.82, 2.24) is 4.98 Å². The van der Waals surface area contributed by atoms with Crippen LogP contribution in [-0.4, -0.2) is 16.3 Å². The van der Waals surface area contributed by atoms with Crippen LogP contribution < -0.4 is 11.1 Å². The molecular weight excluding hydrogens is 234 g/mol. The van der Waals surface area contributed by atoms with Gasteiger partial charge in [-0.2, -0.15) is 0 Å². The molecule has 1 rings (SSSR count). The Morgan fingerprint density at radius 1 is 1.69 bits per heavy atom. The van der Waals surface area contributed by atoms with Gasteiger partial charge in [0.1, 0.15) is 17.9 Å². The number of rotatable bonds is 3. The highest BCUT2D eigenvalue weighted by Crippen LogP contribution is 2.19. The van der Waals surface area contributed by atoms with Crippen molar-refractivity contribution in [3.63, 3.8) is 0 Å². The van der Waals surface area contributed by atoms with Gasteiger partial charge in [0.05, 0.1) is 4.47 Å². The van der Waals surface area contributed by atoms with Crippen molar-refractivity contribution in [1.29, 1.82) is 0 Å². The van der Waals surface area contributed by atoms with E-state index in [1.807, 2.05) is 6.92 Å². The third kappa shape index (κ3) is 2.86. The number of aromatic nitrogens is 1. The summed E-state index contributed by atoms with van der Waals surface area (Å²) in [6.07, 6.45) is 0.0468. The first-order valence-electron chi connectivity index (χ1n) is 4.00. The zero-order chi connectivity index (χ0) is 9.84. The molecular formula is C8H12BrN3O. The fourth-order valence-corrected chi connectivity index (χ4v) is 1.03. The topological polar surface area (TPSA) is 71.2 Å². The summed E-state index contributed by atoms with van der Waals surface area (Å²) >= 11 is 3.23. The van der Waals surface area contributed by atoms with Crippen LogP contribution >= 0.6 is 15.9 Å². The average molecular weight is 246 g/mol. The molecule has 1 heterocycles. The second-order valence-electron chi connectivity index (χ2n) is 2.63. The van der Waals surface area contributed by atoms with Gasteiger partial charge in [0, 0.05) is 0 Å². The summed E-state index contributed by atoms with van der Waals surface area (Å²) in [5.41, 5.74) is 5.56. The number of nitrogens with one attached hydrogen (secondary N) is 1. The van der Waals surface area contributed by atoms with Gasteiger partial charge in [-0.15, -0.1) is 0 Å². The molecule has 0 aliphatic rings. The number of nitrogen functional groups attached to an aromatic ring is 1. The van der Waals surface area contributed by atoms with Crippen LogP contribution in [0.4, 0.5) is 11.6 Å². The predicted molar refractivity (Wildman–Crippen MR) is 56.3 cm³/mol. The number of nitrogens with zero attached hydrogens (tertiary/aromatic N) is 1. The zero-order valence-corrected chi connectivity index (χ0v) is 8.87. The van der Waals surface area contributed by atoms with E-state index in [9.17, 15) is 5.11 Å². The number of nitrogens with two attached hydrogens (primary N) is 1. The van der Waals surface area contributed by atoms with Gasteiger partial charge in [-0.3, -0.25) is 0 Å². The molecule has 13 heavy (non-hydrogen) atoms. The third-order valence-corrected chi connectivity index (χ3v) is 2.24. The monoisotopic (exact) mass is 245 g/mol. The van der Waals surface area contributed by atoms with Crippen molar-refractivity contribution >= 4 is 27.6 Å². The lowest BCUT2D eigenvalue weighted by Gasteiger charge is -2.11. The average Bonchev–Trinajstić information content (AvgIpc) is 2.11. The molecule has 4 nitrogen and oxygen atoms in total. The highest BCUT2D eigenvalue weighted by atomic mass is 79.9. The van der Waals surface area contributed by atoms with Gasteiger partial charge in [0.15, 0.2) is 0 Å². The van der Waals surface area contributed by atoms with Gasteiger partial charge >= 0.3 is 0 Å². The Bertz CT molecular complexity index is 293. The zero-order valence-electron chi connectivity index (χ0n) is 7.29. The highest BCUT2D eigenvalue weighted by Gasteiger charge is 2.03. The first-order valence-corrected chi connectivity index (χ1v) is 4.79. The van der Waals surface area contributed by atoms with Gasteiger partial charge in [0.25, 0.3) is 0 Å². The van der Waals surface area contributed by atoms with Crippen LogP contribution in [0, 0.1) is 0 Å². The highest BCUT2D eigenvalue weighted by molar-refractivity contribution is 9.10. The number of halogens is 1. The van der Waals surface area contributed by atoms with E-state index < -0.39 is 6.23 Å². The third-order valence-electron chi connectivity index (χ3n) is 1.57. The van der Waals surface area contributed by atoms with Crippen LogP contribution in [-0.2, 0) is 0 Å². The van der Waals surface area contributed by atoms with Crippen LogP contribution in [0.2, 0.25) is 0 Å². The molecule has 1 aromatic heterocycles. The number of aliphatic hydroxyl groups excluding tert-OH is 1. The smallest absolute Gasteiger partial charge is 0.140 e. The van der Waals surface area contributed by atoms with Gasteiger partial charge in [0.2, 0.25) is 0 Å². The summed E-state index contributed by atoms with van der Waals surface area (Å²) in [4.78, 5) is 4.02. The Kier molecular flexibility index (Phi) is 3.50. The minimum absolute atomic E-state index is 0.410. The lowest BCUT2D eigenvalue weighted by Crippen LogP contribution is -2.18. The van der Waals surface area contributed by atoms with Crippen molar-refractivity contribution in [2.75, 3.05) is 11.1 Å². The van der Waals surface area contributed by atoms with Gasteiger partial charge in [-0.25, -0.2) is 4.98 Å². The van der Waals surface area contributed by atoms with E-state index in [1.165, 1.54) is 0 Å². The second-order valence-corrected chi connectivity index (χ2v) is 3.49. The second kappa shape index (κ2) is 4.43. The SMILES string of the molecule is CCC(O)Nc1ccc(Br)c(N)n1. The van der Waals surface area contributed by atoms with E-state index >= 15 is 0 Å². The number of hydrogen-bond donors (Lipinski definition) is 3. The fourth-order valence-electron chi connectivity index (χ4n) is 0.811. The van der Waals surface area contributed by atoms with Crippen LogP contribution in [0.1, 0.15) is 13.3 Å². The standard InChI is InChI=1S/C8H12BrN3O/c1-2-7(13)11-6-4-3-5(9)8(10)12-6/h3-4,7,13H,2H2,1H3,(H3,10,11,12). The van der Waals surface area contributed by atoms with E-state index in [1.54, 1.807) is 12.1 Å². The van der Waals surface area contributed by atoms with Crippen LogP contribution in [0.3, 0.4) is 0 Å². The first-order chi connectivity index (χ1) is 6.13. The van der Waals surface area contributed by atoms with Gasteiger partial charge in [-0.05, 0) is 34.5 Å². The predicted octanol–water partition coefficient (Wildman–Crippen LogP) is 1.57. The van der Waals surface area contributed by atoms with E-state index in [2.05, 4.69) is 26.2 Å². The van der Waals surface area contributed by atoms with Crippen molar-refractivity contribution in [3.8, 4) is 0 Å². The molecule has 0 saturated carbocycles. The number of pyridine rings is 1. The van der Waals surface area contributed by atoms with Crippen molar-refractivity contribution in [3.05, 3.63) is 16.6 Å². The number of hydrogen-bond acceptors (Lipinski definition) is 4. The Morgan fingerprint density at radius 2 is 2.38 bits per heavy atom. The van der Waals surface area contributed by atoms with Crippen molar-refractivity contribution in [2.45, 2.75) is 19.6 Å². The van der Waals surface area contributed by atoms with E-state index in [4.69, 9.17) is 5.73 Å². The maximum Gasteiger partial charge on any atom is 0.140 e. The summed E-state index contributed by atoms with van der Waals surface area (Å²) in [6, 6.07) is 3.53. The summed E-state index contributed by atoms with van der Waals surface area (Å²) in [5, 5.41) is 12.1. The summed E-state index contributed by atoms with van der Waals surface area (Å²) in [5.74, 6) is 0.989. The fraction of sp³-hybridized carbons (Fsp3) is 0.375. The normalized spacial score (nSPS) is 12.5. The van der Waals surface area contributed by atoms with Crippen LogP contribution in [0.5, 0.6) is 0 Å². The van der Waals surface area contributed by atoms with Crippen molar-refractivity contribution < 1.29 is 5.11 Å². The molecule has 0 aromatic carbocycles. The molecule has 0 radical (unpaired) electrons. The summed E-state index contributed by atoms with van der Waals surface area (Å²) < 4.78 is 0.754. The van der Waals surface area contributed by atoms with Gasteiger partial charge in [-0.1, -0.05) is 6.92 Å². The molecule has 0 aliphatic heterocycles. The first kappa shape index (κ1) is 10.3. The van der Waals surface area contributed by atoms with Crippen LogP contribution in [0.15, 0.2) is 16.6 Å². The van der Waals surface area contributed by atoms with E-state index in [-0.39, 0.29) is 0 Å². The summed E-state index contributed by atoms with van der Waals surface area (Å²) in [6.45, 7) is 1.87.